The average molecular weight is 307 g/mol. The Morgan fingerprint density at radius 1 is 1.05 bits per heavy atom. The molecule has 0 aromatic carbocycles. The van der Waals surface area contributed by atoms with E-state index in [1.165, 1.54) is 12.8 Å². The van der Waals surface area contributed by atoms with Crippen LogP contribution in [0.25, 0.3) is 0 Å². The van der Waals surface area contributed by atoms with Crippen LogP contribution in [0.2, 0.25) is 0 Å². The van der Waals surface area contributed by atoms with Crippen molar-refractivity contribution >= 4 is 11.8 Å². The van der Waals surface area contributed by atoms with Crippen LogP contribution in [0.1, 0.15) is 51.4 Å². The molecule has 124 valence electrons. The zero-order valence-electron chi connectivity index (χ0n) is 13.9. The molecule has 1 unspecified atom stereocenters. The van der Waals surface area contributed by atoms with E-state index in [0.29, 0.717) is 25.0 Å². The molecule has 2 aliphatic carbocycles. The van der Waals surface area contributed by atoms with E-state index in [-0.39, 0.29) is 11.8 Å². The molecule has 0 bridgehead atoms. The summed E-state index contributed by atoms with van der Waals surface area (Å²) in [5, 5.41) is 3.31. The Morgan fingerprint density at radius 2 is 1.64 bits per heavy atom. The molecule has 5 nitrogen and oxygen atoms in total. The third-order valence-corrected chi connectivity index (χ3v) is 6.15. The lowest BCUT2D eigenvalue weighted by molar-refractivity contribution is -0.149. The monoisotopic (exact) mass is 307 g/mol. The van der Waals surface area contributed by atoms with Gasteiger partial charge in [-0.3, -0.25) is 9.59 Å². The van der Waals surface area contributed by atoms with Gasteiger partial charge >= 0.3 is 0 Å². The molecule has 0 aromatic rings. The standard InChI is InChI=1S/C17H29N3O2/c1-19(13-5-3-6-13)15(21)11-17(9-10-18-12-17)16(22)20(2)14-7-4-8-14/h13-14,18H,3-12H2,1-2H3. The van der Waals surface area contributed by atoms with Crippen LogP contribution in [-0.4, -0.2) is 60.9 Å². The Labute approximate surface area is 133 Å². The Balaban J connectivity index is 1.67. The fourth-order valence-electron chi connectivity index (χ4n) is 3.86. The van der Waals surface area contributed by atoms with Gasteiger partial charge in [-0.1, -0.05) is 0 Å². The van der Waals surface area contributed by atoms with Crippen LogP contribution >= 0.6 is 0 Å². The summed E-state index contributed by atoms with van der Waals surface area (Å²) >= 11 is 0. The van der Waals surface area contributed by atoms with Crippen LogP contribution in [0.15, 0.2) is 0 Å². The van der Waals surface area contributed by atoms with Crippen LogP contribution < -0.4 is 5.32 Å². The number of nitrogens with zero attached hydrogens (tertiary/aromatic N) is 2. The molecule has 22 heavy (non-hydrogen) atoms. The molecule has 1 N–H and O–H groups in total. The van der Waals surface area contributed by atoms with Crippen molar-refractivity contribution in [1.29, 1.82) is 0 Å². The Hall–Kier alpha value is -1.10. The van der Waals surface area contributed by atoms with Gasteiger partial charge in [0, 0.05) is 39.1 Å². The molecule has 1 atom stereocenters. The van der Waals surface area contributed by atoms with Crippen LogP contribution in [0.4, 0.5) is 0 Å². The maximum atomic E-state index is 13.0. The van der Waals surface area contributed by atoms with Crippen molar-refractivity contribution in [3.63, 3.8) is 0 Å². The molecule has 3 aliphatic rings. The summed E-state index contributed by atoms with van der Waals surface area (Å²) < 4.78 is 0. The lowest BCUT2D eigenvalue weighted by Crippen LogP contribution is -2.52. The Morgan fingerprint density at radius 3 is 2.09 bits per heavy atom. The van der Waals surface area contributed by atoms with Gasteiger partial charge < -0.3 is 15.1 Å². The predicted molar refractivity (Wildman–Crippen MR) is 85.4 cm³/mol. The van der Waals surface area contributed by atoms with Crippen molar-refractivity contribution < 1.29 is 9.59 Å². The SMILES string of the molecule is CN(C(=O)CC1(C(=O)N(C)C2CCC2)CCNC1)C1CCC1. The van der Waals surface area contributed by atoms with Crippen LogP contribution in [0, 0.1) is 5.41 Å². The molecule has 1 aliphatic heterocycles. The maximum absolute atomic E-state index is 13.0. The second-order valence-corrected chi connectivity index (χ2v) is 7.47. The zero-order valence-corrected chi connectivity index (χ0v) is 13.9. The molecule has 0 spiro atoms. The summed E-state index contributed by atoms with van der Waals surface area (Å²) in [7, 11) is 3.83. The Bertz CT molecular complexity index is 437. The molecular weight excluding hydrogens is 278 g/mol. The van der Waals surface area contributed by atoms with E-state index in [9.17, 15) is 9.59 Å². The molecule has 1 saturated heterocycles. The zero-order chi connectivity index (χ0) is 15.7. The molecule has 3 rings (SSSR count). The topological polar surface area (TPSA) is 52.7 Å². The Kier molecular flexibility index (Phi) is 4.44. The summed E-state index contributed by atoms with van der Waals surface area (Å²) in [6.45, 7) is 1.48. The van der Waals surface area contributed by atoms with Gasteiger partial charge in [-0.25, -0.2) is 0 Å². The molecule has 2 saturated carbocycles. The number of hydrogen-bond acceptors (Lipinski definition) is 3. The summed E-state index contributed by atoms with van der Waals surface area (Å²) in [5.41, 5.74) is -0.514. The van der Waals surface area contributed by atoms with Crippen LogP contribution in [-0.2, 0) is 9.59 Å². The van der Waals surface area contributed by atoms with E-state index in [1.54, 1.807) is 0 Å². The minimum atomic E-state index is -0.514. The number of nitrogens with one attached hydrogen (secondary N) is 1. The summed E-state index contributed by atoms with van der Waals surface area (Å²) in [6, 6.07) is 0.794. The molecule has 2 amide bonds. The van der Waals surface area contributed by atoms with E-state index in [2.05, 4.69) is 5.32 Å². The first kappa shape index (κ1) is 15.8. The fraction of sp³-hybridized carbons (Fsp3) is 0.882. The van der Waals surface area contributed by atoms with Crippen molar-refractivity contribution in [1.82, 2.24) is 15.1 Å². The van der Waals surface area contributed by atoms with Crippen molar-refractivity contribution in [3.05, 3.63) is 0 Å². The third-order valence-electron chi connectivity index (χ3n) is 6.15. The number of rotatable bonds is 5. The second-order valence-electron chi connectivity index (χ2n) is 7.47. The average Bonchev–Trinajstić information content (AvgIpc) is 2.83. The first-order valence-electron chi connectivity index (χ1n) is 8.77. The van der Waals surface area contributed by atoms with Gasteiger partial charge in [-0.05, 0) is 51.5 Å². The molecule has 0 radical (unpaired) electrons. The smallest absolute Gasteiger partial charge is 0.230 e. The van der Waals surface area contributed by atoms with Gasteiger partial charge in [0.1, 0.15) is 0 Å². The third kappa shape index (κ3) is 2.75. The fourth-order valence-corrected chi connectivity index (χ4v) is 3.86. The van der Waals surface area contributed by atoms with Gasteiger partial charge in [0.2, 0.25) is 11.8 Å². The minimum absolute atomic E-state index is 0.142. The van der Waals surface area contributed by atoms with Crippen molar-refractivity contribution in [2.24, 2.45) is 5.41 Å². The number of carbonyl (C=O) groups excluding carboxylic acids is 2. The first-order valence-corrected chi connectivity index (χ1v) is 8.77. The van der Waals surface area contributed by atoms with Crippen molar-refractivity contribution in [2.75, 3.05) is 27.2 Å². The number of hydrogen-bond donors (Lipinski definition) is 1. The lowest BCUT2D eigenvalue weighted by atomic mass is 9.79. The van der Waals surface area contributed by atoms with Gasteiger partial charge in [0.15, 0.2) is 0 Å². The van der Waals surface area contributed by atoms with Gasteiger partial charge in [0.25, 0.3) is 0 Å². The number of carbonyl (C=O) groups is 2. The molecule has 0 aromatic heterocycles. The highest BCUT2D eigenvalue weighted by atomic mass is 16.2. The van der Waals surface area contributed by atoms with E-state index < -0.39 is 5.41 Å². The molecule has 1 heterocycles. The minimum Gasteiger partial charge on any atom is -0.343 e. The van der Waals surface area contributed by atoms with E-state index in [4.69, 9.17) is 0 Å². The first-order chi connectivity index (χ1) is 10.5. The normalized spacial score (nSPS) is 28.8. The van der Waals surface area contributed by atoms with Gasteiger partial charge in [-0.2, -0.15) is 0 Å². The van der Waals surface area contributed by atoms with Crippen molar-refractivity contribution in [2.45, 2.75) is 63.5 Å². The maximum Gasteiger partial charge on any atom is 0.230 e. The highest BCUT2D eigenvalue weighted by Crippen LogP contribution is 2.36. The quantitative estimate of drug-likeness (QED) is 0.835. The highest BCUT2D eigenvalue weighted by molar-refractivity contribution is 5.89. The van der Waals surface area contributed by atoms with Crippen molar-refractivity contribution in [3.8, 4) is 0 Å². The van der Waals surface area contributed by atoms with E-state index in [0.717, 1.165) is 38.6 Å². The summed E-state index contributed by atoms with van der Waals surface area (Å²) in [6.07, 6.45) is 8.04. The van der Waals surface area contributed by atoms with E-state index in [1.807, 2.05) is 23.9 Å². The second kappa shape index (κ2) is 6.19. The highest BCUT2D eigenvalue weighted by Gasteiger charge is 2.47. The molecular formula is C17H29N3O2. The summed E-state index contributed by atoms with van der Waals surface area (Å²) in [5.74, 6) is 0.321. The molecule has 3 fully saturated rings. The van der Waals surface area contributed by atoms with Crippen LogP contribution in [0.5, 0.6) is 0 Å². The predicted octanol–water partition coefficient (Wildman–Crippen LogP) is 1.38. The van der Waals surface area contributed by atoms with Gasteiger partial charge in [-0.15, -0.1) is 0 Å². The molecule has 5 heteroatoms. The van der Waals surface area contributed by atoms with E-state index >= 15 is 0 Å². The lowest BCUT2D eigenvalue weighted by Gasteiger charge is -2.41. The number of amides is 2. The summed E-state index contributed by atoms with van der Waals surface area (Å²) in [4.78, 5) is 29.5. The largest absolute Gasteiger partial charge is 0.343 e. The van der Waals surface area contributed by atoms with Gasteiger partial charge in [0.05, 0.1) is 5.41 Å². The van der Waals surface area contributed by atoms with Crippen LogP contribution in [0.3, 0.4) is 0 Å².